The van der Waals surface area contributed by atoms with Gasteiger partial charge in [0.1, 0.15) is 0 Å². The molecule has 104 valence electrons. The third-order valence-electron chi connectivity index (χ3n) is 2.44. The lowest BCUT2D eigenvalue weighted by atomic mass is 10.1. The Bertz CT molecular complexity index is 617. The molecule has 0 radical (unpaired) electrons. The molecule has 0 saturated carbocycles. The molecule has 1 heterocycles. The first kappa shape index (κ1) is 14.7. The van der Waals surface area contributed by atoms with E-state index in [1.54, 1.807) is 17.8 Å². The van der Waals surface area contributed by atoms with Crippen LogP contribution in [0.3, 0.4) is 0 Å². The highest BCUT2D eigenvalue weighted by molar-refractivity contribution is 8.01. The third kappa shape index (κ3) is 3.91. The molecule has 0 spiro atoms. The number of benzene rings is 1. The first-order chi connectivity index (χ1) is 9.58. The van der Waals surface area contributed by atoms with Crippen molar-refractivity contribution in [1.82, 2.24) is 10.2 Å². The summed E-state index contributed by atoms with van der Waals surface area (Å²) in [5, 5.41) is 11.3. The zero-order valence-corrected chi connectivity index (χ0v) is 13.0. The zero-order chi connectivity index (χ0) is 14.5. The van der Waals surface area contributed by atoms with Crippen LogP contribution in [-0.4, -0.2) is 21.9 Å². The number of carbonyl (C=O) groups excluding carboxylic acids is 1. The Morgan fingerprint density at radius 3 is 2.70 bits per heavy atom. The number of amides is 1. The fraction of sp³-hybridized carbons (Fsp3) is 0.214. The van der Waals surface area contributed by atoms with Gasteiger partial charge in [-0.25, -0.2) is 0 Å². The molecule has 0 fully saturated rings. The van der Waals surface area contributed by atoms with E-state index in [1.165, 1.54) is 11.3 Å². The highest BCUT2D eigenvalue weighted by Gasteiger charge is 2.11. The summed E-state index contributed by atoms with van der Waals surface area (Å²) in [4.78, 5) is 12.1. The van der Waals surface area contributed by atoms with E-state index >= 15 is 0 Å². The van der Waals surface area contributed by atoms with Crippen LogP contribution in [-0.2, 0) is 0 Å². The molecule has 0 bridgehead atoms. The molecule has 4 nitrogen and oxygen atoms in total. The Morgan fingerprint density at radius 1 is 1.35 bits per heavy atom. The van der Waals surface area contributed by atoms with E-state index in [4.69, 9.17) is 0 Å². The van der Waals surface area contributed by atoms with Crippen LogP contribution in [0.2, 0.25) is 0 Å². The number of hydrogen-bond donors (Lipinski definition) is 1. The van der Waals surface area contributed by atoms with E-state index in [2.05, 4.69) is 22.1 Å². The number of nitrogens with one attached hydrogen (secondary N) is 1. The molecule has 0 saturated heterocycles. The quantitative estimate of drug-likeness (QED) is 0.520. The van der Waals surface area contributed by atoms with Crippen LogP contribution in [0.25, 0.3) is 0 Å². The van der Waals surface area contributed by atoms with Crippen molar-refractivity contribution in [2.24, 2.45) is 0 Å². The van der Waals surface area contributed by atoms with Gasteiger partial charge in [-0.1, -0.05) is 46.4 Å². The van der Waals surface area contributed by atoms with E-state index in [-0.39, 0.29) is 5.91 Å². The van der Waals surface area contributed by atoms with Crippen molar-refractivity contribution in [1.29, 1.82) is 0 Å². The second-order valence-electron chi connectivity index (χ2n) is 4.30. The summed E-state index contributed by atoms with van der Waals surface area (Å²) in [5.74, 6) is 0.618. The highest BCUT2D eigenvalue weighted by atomic mass is 32.2. The van der Waals surface area contributed by atoms with Crippen LogP contribution in [0, 0.1) is 13.8 Å². The van der Waals surface area contributed by atoms with E-state index in [0.29, 0.717) is 10.7 Å². The smallest absolute Gasteiger partial charge is 0.257 e. The minimum absolute atomic E-state index is 0.159. The number of nitrogens with zero attached hydrogens (tertiary/aromatic N) is 2. The van der Waals surface area contributed by atoms with Gasteiger partial charge in [-0.2, -0.15) is 0 Å². The van der Waals surface area contributed by atoms with Gasteiger partial charge in [-0.05, 0) is 26.0 Å². The van der Waals surface area contributed by atoms with Crippen LogP contribution >= 0.6 is 23.1 Å². The number of rotatable bonds is 5. The number of aryl methyl sites for hydroxylation is 2. The molecule has 6 heteroatoms. The molecule has 0 aliphatic rings. The Kier molecular flexibility index (Phi) is 4.92. The second-order valence-corrected chi connectivity index (χ2v) is 6.55. The predicted octanol–water partition coefficient (Wildman–Crippen LogP) is 3.69. The SMILES string of the molecule is C=CCSc1nnc(NC(=O)c2cc(C)cc(C)c2)s1. The molecule has 1 amide bonds. The number of hydrogen-bond acceptors (Lipinski definition) is 5. The summed E-state index contributed by atoms with van der Waals surface area (Å²) in [7, 11) is 0. The predicted molar refractivity (Wildman–Crippen MR) is 84.7 cm³/mol. The van der Waals surface area contributed by atoms with E-state index < -0.39 is 0 Å². The van der Waals surface area contributed by atoms with Gasteiger partial charge >= 0.3 is 0 Å². The number of thioether (sulfide) groups is 1. The number of carbonyl (C=O) groups is 1. The van der Waals surface area contributed by atoms with Crippen LogP contribution in [0.5, 0.6) is 0 Å². The fourth-order valence-corrected chi connectivity index (χ4v) is 3.23. The number of aromatic nitrogens is 2. The van der Waals surface area contributed by atoms with Gasteiger partial charge in [-0.3, -0.25) is 10.1 Å². The molecular formula is C14H15N3OS2. The van der Waals surface area contributed by atoms with Crippen LogP contribution in [0.1, 0.15) is 21.5 Å². The molecular weight excluding hydrogens is 290 g/mol. The van der Waals surface area contributed by atoms with E-state index in [1.807, 2.05) is 32.0 Å². The number of anilines is 1. The topological polar surface area (TPSA) is 54.9 Å². The van der Waals surface area contributed by atoms with Gasteiger partial charge in [0.15, 0.2) is 4.34 Å². The fourth-order valence-electron chi connectivity index (χ4n) is 1.72. The van der Waals surface area contributed by atoms with Gasteiger partial charge in [0.2, 0.25) is 5.13 Å². The molecule has 2 rings (SSSR count). The average Bonchev–Trinajstić information content (AvgIpc) is 2.82. The molecule has 0 aliphatic heterocycles. The molecule has 0 unspecified atom stereocenters. The summed E-state index contributed by atoms with van der Waals surface area (Å²) >= 11 is 2.91. The average molecular weight is 305 g/mol. The molecule has 0 aliphatic carbocycles. The Labute approximate surface area is 126 Å². The molecule has 1 aromatic carbocycles. The van der Waals surface area contributed by atoms with Gasteiger partial charge in [0.25, 0.3) is 5.91 Å². The van der Waals surface area contributed by atoms with Gasteiger partial charge in [0.05, 0.1) is 0 Å². The van der Waals surface area contributed by atoms with Crippen molar-refractivity contribution in [2.45, 2.75) is 18.2 Å². The molecule has 2 aromatic rings. The van der Waals surface area contributed by atoms with E-state index in [0.717, 1.165) is 21.2 Å². The minimum Gasteiger partial charge on any atom is -0.296 e. The lowest BCUT2D eigenvalue weighted by Gasteiger charge is -2.04. The van der Waals surface area contributed by atoms with Gasteiger partial charge < -0.3 is 0 Å². The van der Waals surface area contributed by atoms with Crippen molar-refractivity contribution in [3.05, 3.63) is 47.5 Å². The second kappa shape index (κ2) is 6.67. The zero-order valence-electron chi connectivity index (χ0n) is 11.3. The molecule has 1 N–H and O–H groups in total. The summed E-state index contributed by atoms with van der Waals surface area (Å²) in [5.41, 5.74) is 2.77. The first-order valence-electron chi connectivity index (χ1n) is 6.05. The molecule has 1 aromatic heterocycles. The van der Waals surface area contributed by atoms with Crippen molar-refractivity contribution in [3.63, 3.8) is 0 Å². The summed E-state index contributed by atoms with van der Waals surface area (Å²) in [6.07, 6.45) is 1.81. The third-order valence-corrected chi connectivity index (χ3v) is 4.40. The molecule has 0 atom stereocenters. The van der Waals surface area contributed by atoms with Crippen molar-refractivity contribution in [2.75, 3.05) is 11.1 Å². The Hall–Kier alpha value is -1.66. The summed E-state index contributed by atoms with van der Waals surface area (Å²) in [6.45, 7) is 7.59. The van der Waals surface area contributed by atoms with Crippen LogP contribution in [0.4, 0.5) is 5.13 Å². The summed E-state index contributed by atoms with van der Waals surface area (Å²) < 4.78 is 0.820. The van der Waals surface area contributed by atoms with E-state index in [9.17, 15) is 4.79 Å². The largest absolute Gasteiger partial charge is 0.296 e. The monoisotopic (exact) mass is 305 g/mol. The lowest BCUT2D eigenvalue weighted by molar-refractivity contribution is 0.102. The maximum atomic E-state index is 12.1. The lowest BCUT2D eigenvalue weighted by Crippen LogP contribution is -2.12. The highest BCUT2D eigenvalue weighted by Crippen LogP contribution is 2.25. The van der Waals surface area contributed by atoms with Crippen molar-refractivity contribution >= 4 is 34.1 Å². The van der Waals surface area contributed by atoms with Crippen molar-refractivity contribution < 1.29 is 4.79 Å². The maximum absolute atomic E-state index is 12.1. The normalized spacial score (nSPS) is 10.3. The minimum atomic E-state index is -0.159. The van der Waals surface area contributed by atoms with Gasteiger partial charge in [0, 0.05) is 11.3 Å². The Morgan fingerprint density at radius 2 is 2.05 bits per heavy atom. The first-order valence-corrected chi connectivity index (χ1v) is 7.85. The molecule has 20 heavy (non-hydrogen) atoms. The van der Waals surface area contributed by atoms with Gasteiger partial charge in [-0.15, -0.1) is 16.8 Å². The van der Waals surface area contributed by atoms with Crippen molar-refractivity contribution in [3.8, 4) is 0 Å². The van der Waals surface area contributed by atoms with Crippen LogP contribution < -0.4 is 5.32 Å². The maximum Gasteiger partial charge on any atom is 0.257 e. The standard InChI is InChI=1S/C14H15N3OS2/c1-4-5-19-14-17-16-13(20-14)15-12(18)11-7-9(2)6-10(3)8-11/h4,6-8H,1,5H2,2-3H3,(H,15,16,18). The summed E-state index contributed by atoms with van der Waals surface area (Å²) in [6, 6.07) is 5.75. The van der Waals surface area contributed by atoms with Crippen LogP contribution in [0.15, 0.2) is 35.2 Å². The Balaban J connectivity index is 2.07.